The van der Waals surface area contributed by atoms with Crippen LogP contribution in [0.25, 0.3) is 0 Å². The molecule has 0 unspecified atom stereocenters. The van der Waals surface area contributed by atoms with E-state index in [1.165, 1.54) is 7.11 Å². The van der Waals surface area contributed by atoms with Crippen molar-refractivity contribution in [1.82, 2.24) is 4.90 Å². The highest BCUT2D eigenvalue weighted by molar-refractivity contribution is 5.41. The van der Waals surface area contributed by atoms with Crippen molar-refractivity contribution in [1.29, 1.82) is 10.5 Å². The Balaban J connectivity index is 4.82. The predicted octanol–water partition coefficient (Wildman–Crippen LogP) is 1.01. The van der Waals surface area contributed by atoms with Gasteiger partial charge in [-0.3, -0.25) is 0 Å². The molecule has 0 heterocycles. The van der Waals surface area contributed by atoms with Gasteiger partial charge in [0.25, 0.3) is 0 Å². The molecule has 0 radical (unpaired) electrons. The van der Waals surface area contributed by atoms with Crippen LogP contribution in [0.1, 0.15) is 0 Å². The van der Waals surface area contributed by atoms with Crippen LogP contribution < -0.4 is 0 Å². The fourth-order valence-corrected chi connectivity index (χ4v) is 0.605. The molecule has 0 rings (SSSR count). The van der Waals surface area contributed by atoms with E-state index >= 15 is 0 Å². The van der Waals surface area contributed by atoms with Crippen LogP contribution in [-0.4, -0.2) is 26.1 Å². The zero-order valence-corrected chi connectivity index (χ0v) is 7.90. The Morgan fingerprint density at radius 3 is 2.15 bits per heavy atom. The Labute approximate surface area is 77.9 Å². The molecule has 0 spiro atoms. The van der Waals surface area contributed by atoms with Crippen LogP contribution in [0.5, 0.6) is 0 Å². The minimum atomic E-state index is -0.0272. The number of rotatable bonds is 3. The molecular formula is C9H11N3O. The van der Waals surface area contributed by atoms with Gasteiger partial charge in [-0.2, -0.15) is 10.5 Å². The highest BCUT2D eigenvalue weighted by Gasteiger charge is 2.01. The maximum atomic E-state index is 8.53. The average molecular weight is 180 g/mol. The molecule has 0 aliphatic rings. The van der Waals surface area contributed by atoms with E-state index in [-0.39, 0.29) is 11.3 Å². The molecule has 0 atom stereocenters. The van der Waals surface area contributed by atoms with Gasteiger partial charge in [-0.25, -0.2) is 0 Å². The van der Waals surface area contributed by atoms with E-state index < -0.39 is 0 Å². The SMILES string of the molecule is CO[13C]([13CH]=[13CH]N(C)C)=C(C#N)C#N. The first kappa shape index (κ1) is 11.1. The van der Waals surface area contributed by atoms with Crippen molar-refractivity contribution < 1.29 is 4.74 Å². The summed E-state index contributed by atoms with van der Waals surface area (Å²) in [5, 5.41) is 17.1. The number of ether oxygens (including phenoxy) is 1. The van der Waals surface area contributed by atoms with E-state index in [0.29, 0.717) is 0 Å². The molecular weight excluding hydrogens is 169 g/mol. The maximum absolute atomic E-state index is 8.53. The smallest absolute Gasteiger partial charge is 0.171 e. The van der Waals surface area contributed by atoms with E-state index in [0.717, 1.165) is 0 Å². The normalized spacial score (nSPS) is 8.69. The lowest BCUT2D eigenvalue weighted by molar-refractivity contribution is 0.304. The summed E-state index contributed by atoms with van der Waals surface area (Å²) in [5.74, 6) is 0.277. The number of nitrogens with zero attached hydrogens (tertiary/aromatic N) is 3. The zero-order chi connectivity index (χ0) is 10.3. The summed E-state index contributed by atoms with van der Waals surface area (Å²) >= 11 is 0. The van der Waals surface area contributed by atoms with Gasteiger partial charge >= 0.3 is 0 Å². The number of hydrogen-bond acceptors (Lipinski definition) is 4. The second kappa shape index (κ2) is 5.68. The van der Waals surface area contributed by atoms with Crippen LogP contribution in [0, 0.1) is 22.7 Å². The molecule has 0 aliphatic heterocycles. The first-order valence-corrected chi connectivity index (χ1v) is 3.58. The summed E-state index contributed by atoms with van der Waals surface area (Å²) in [6.07, 6.45) is 3.27. The zero-order valence-electron chi connectivity index (χ0n) is 7.90. The summed E-state index contributed by atoms with van der Waals surface area (Å²) < 4.78 is 4.87. The fourth-order valence-electron chi connectivity index (χ4n) is 0.605. The van der Waals surface area contributed by atoms with Crippen molar-refractivity contribution in [2.24, 2.45) is 0 Å². The van der Waals surface area contributed by atoms with Crippen LogP contribution in [-0.2, 0) is 4.74 Å². The summed E-state index contributed by atoms with van der Waals surface area (Å²) in [5.41, 5.74) is -0.0272. The Morgan fingerprint density at radius 1 is 1.31 bits per heavy atom. The van der Waals surface area contributed by atoms with Crippen LogP contribution in [0.3, 0.4) is 0 Å². The lowest BCUT2D eigenvalue weighted by atomic mass is 10.4. The number of nitriles is 2. The standard InChI is InChI=1S/C9H11N3O/c1-12(2)5-4-9(13-3)8(6-10)7-11/h4-5H,1-3H3/i4+1,5+1,9+1. The van der Waals surface area contributed by atoms with E-state index in [1.54, 1.807) is 29.3 Å². The van der Waals surface area contributed by atoms with E-state index in [9.17, 15) is 0 Å². The maximum Gasteiger partial charge on any atom is 0.171 e. The molecule has 0 saturated heterocycles. The first-order chi connectivity index (χ1) is 6.15. The molecule has 13 heavy (non-hydrogen) atoms. The van der Waals surface area contributed by atoms with Crippen LogP contribution in [0.2, 0.25) is 0 Å². The molecule has 4 heteroatoms. The molecule has 0 aliphatic carbocycles. The molecule has 0 aromatic carbocycles. The minimum Gasteiger partial charge on any atom is -0.495 e. The van der Waals surface area contributed by atoms with Gasteiger partial charge in [-0.1, -0.05) is 0 Å². The van der Waals surface area contributed by atoms with Crippen molar-refractivity contribution in [3.63, 3.8) is 0 Å². The molecule has 0 amide bonds. The molecule has 0 N–H and O–H groups in total. The Morgan fingerprint density at radius 2 is 1.85 bits per heavy atom. The first-order valence-electron chi connectivity index (χ1n) is 3.58. The largest absolute Gasteiger partial charge is 0.495 e. The van der Waals surface area contributed by atoms with Gasteiger partial charge in [-0.15, -0.1) is 0 Å². The fraction of sp³-hybridized carbons (Fsp3) is 0.333. The third kappa shape index (κ3) is 3.83. The highest BCUT2D eigenvalue weighted by Crippen LogP contribution is 2.05. The monoisotopic (exact) mass is 180 g/mol. The van der Waals surface area contributed by atoms with Crippen molar-refractivity contribution in [2.45, 2.75) is 0 Å². The molecule has 0 bridgehead atoms. The topological polar surface area (TPSA) is 60.0 Å². The van der Waals surface area contributed by atoms with Gasteiger partial charge in [0, 0.05) is 20.3 Å². The van der Waals surface area contributed by atoms with E-state index in [2.05, 4.69) is 0 Å². The molecule has 0 fully saturated rings. The van der Waals surface area contributed by atoms with Crippen molar-refractivity contribution in [3.05, 3.63) is 23.6 Å². The summed E-state index contributed by atoms with van der Waals surface area (Å²) in [6, 6.07) is 3.50. The second-order valence-electron chi connectivity index (χ2n) is 2.45. The predicted molar refractivity (Wildman–Crippen MR) is 48.1 cm³/mol. The van der Waals surface area contributed by atoms with E-state index in [1.807, 2.05) is 14.1 Å². The van der Waals surface area contributed by atoms with Crippen LogP contribution in [0.4, 0.5) is 0 Å². The number of allylic oxidation sites excluding steroid dienone is 2. The van der Waals surface area contributed by atoms with Crippen molar-refractivity contribution in [3.8, 4) is 12.1 Å². The molecule has 4 nitrogen and oxygen atoms in total. The van der Waals surface area contributed by atoms with Gasteiger partial charge in [0.15, 0.2) is 5.57 Å². The highest BCUT2D eigenvalue weighted by atomic mass is 16.5. The Hall–Kier alpha value is -1.94. The number of methoxy groups -OCH3 is 1. The van der Waals surface area contributed by atoms with Gasteiger partial charge in [0.1, 0.15) is 17.9 Å². The van der Waals surface area contributed by atoms with Gasteiger partial charge in [0.05, 0.1) is 7.11 Å². The van der Waals surface area contributed by atoms with E-state index in [4.69, 9.17) is 15.3 Å². The summed E-state index contributed by atoms with van der Waals surface area (Å²) in [4.78, 5) is 1.78. The number of hydrogen-bond donors (Lipinski definition) is 0. The van der Waals surface area contributed by atoms with Gasteiger partial charge in [0.2, 0.25) is 0 Å². The minimum absolute atomic E-state index is 0.0272. The van der Waals surface area contributed by atoms with Crippen molar-refractivity contribution >= 4 is 0 Å². The molecule has 0 aromatic heterocycles. The van der Waals surface area contributed by atoms with Gasteiger partial charge < -0.3 is 9.64 Å². The third-order valence-electron chi connectivity index (χ3n) is 1.21. The lowest BCUT2D eigenvalue weighted by Crippen LogP contribution is -2.01. The Kier molecular flexibility index (Phi) is 4.83. The Bertz CT molecular complexity index is 286. The summed E-state index contributed by atoms with van der Waals surface area (Å²) in [7, 11) is 5.09. The quantitative estimate of drug-likeness (QED) is 0.281. The molecule has 0 aromatic rings. The van der Waals surface area contributed by atoms with Crippen LogP contribution >= 0.6 is 0 Å². The molecule has 68 valence electrons. The second-order valence-corrected chi connectivity index (χ2v) is 2.45. The summed E-state index contributed by atoms with van der Waals surface area (Å²) in [6.45, 7) is 0. The van der Waals surface area contributed by atoms with Crippen LogP contribution in [0.15, 0.2) is 23.6 Å². The molecule has 0 saturated carbocycles. The average Bonchev–Trinajstić information content (AvgIpc) is 2.11. The lowest BCUT2D eigenvalue weighted by Gasteiger charge is -2.04. The third-order valence-corrected chi connectivity index (χ3v) is 1.21. The van der Waals surface area contributed by atoms with Crippen molar-refractivity contribution in [2.75, 3.05) is 21.2 Å². The van der Waals surface area contributed by atoms with Gasteiger partial charge in [-0.05, 0) is 6.08 Å².